The van der Waals surface area contributed by atoms with Gasteiger partial charge in [0.2, 0.25) is 11.4 Å². The number of para-hydroxylation sites is 2. The third kappa shape index (κ3) is 3.75. The van der Waals surface area contributed by atoms with Crippen LogP contribution in [0.5, 0.6) is 0 Å². The first-order chi connectivity index (χ1) is 18.8. The van der Waals surface area contributed by atoms with E-state index in [1.54, 1.807) is 0 Å². The van der Waals surface area contributed by atoms with Gasteiger partial charge in [0.25, 0.3) is 11.4 Å². The van der Waals surface area contributed by atoms with Gasteiger partial charge >= 0.3 is 5.66 Å². The SMILES string of the molecule is CCCc1cccc(CCC)c1[N+]1=C2C(=[N+](c3c(C)cccc3C(C)C)C1(C)C)c1cccc3cccc2c13. The molecule has 1 heterocycles. The van der Waals surface area contributed by atoms with Gasteiger partial charge in [-0.2, -0.15) is 0 Å². The molecule has 2 heteroatoms. The highest BCUT2D eigenvalue weighted by molar-refractivity contribution is 6.58. The lowest BCUT2D eigenvalue weighted by Gasteiger charge is -2.23. The average molecular weight is 515 g/mol. The van der Waals surface area contributed by atoms with Gasteiger partial charge in [-0.05, 0) is 43.2 Å². The van der Waals surface area contributed by atoms with Crippen LogP contribution in [0.15, 0.2) is 72.8 Å². The topological polar surface area (TPSA) is 6.02 Å². The van der Waals surface area contributed by atoms with Crippen LogP contribution in [0, 0.1) is 6.92 Å². The van der Waals surface area contributed by atoms with E-state index in [0.717, 1.165) is 25.7 Å². The van der Waals surface area contributed by atoms with Crippen LogP contribution in [0.3, 0.4) is 0 Å². The van der Waals surface area contributed by atoms with E-state index in [2.05, 4.69) is 130 Å². The Morgan fingerprint density at radius 2 is 1.18 bits per heavy atom. The maximum absolute atomic E-state index is 2.73. The van der Waals surface area contributed by atoms with Gasteiger partial charge in [-0.1, -0.05) is 101 Å². The predicted octanol–water partition coefficient (Wildman–Crippen LogP) is 9.21. The summed E-state index contributed by atoms with van der Waals surface area (Å²) in [6.07, 6.45) is 4.44. The Bertz CT molecular complexity index is 1650. The quantitative estimate of drug-likeness (QED) is 0.217. The molecule has 0 bridgehead atoms. The predicted molar refractivity (Wildman–Crippen MR) is 166 cm³/mol. The number of hydrogen-bond acceptors (Lipinski definition) is 0. The first kappa shape index (κ1) is 25.7. The molecule has 6 rings (SSSR count). The van der Waals surface area contributed by atoms with Gasteiger partial charge in [-0.3, -0.25) is 0 Å². The smallest absolute Gasteiger partial charge is 0.121 e. The molecule has 2 nitrogen and oxygen atoms in total. The third-order valence-electron chi connectivity index (χ3n) is 8.76. The van der Waals surface area contributed by atoms with E-state index < -0.39 is 0 Å². The molecular weight excluding hydrogens is 472 g/mol. The molecule has 2 aliphatic rings. The number of rotatable bonds is 7. The second-order valence-electron chi connectivity index (χ2n) is 12.2. The van der Waals surface area contributed by atoms with Crippen LogP contribution in [-0.4, -0.2) is 26.2 Å². The minimum Gasteiger partial charge on any atom is -0.121 e. The molecule has 198 valence electrons. The summed E-state index contributed by atoms with van der Waals surface area (Å²) in [6.45, 7) is 16.4. The second-order valence-corrected chi connectivity index (χ2v) is 12.2. The Morgan fingerprint density at radius 3 is 1.72 bits per heavy atom. The summed E-state index contributed by atoms with van der Waals surface area (Å²) < 4.78 is 5.42. The molecule has 1 aliphatic heterocycles. The van der Waals surface area contributed by atoms with Crippen LogP contribution in [0.4, 0.5) is 11.4 Å². The van der Waals surface area contributed by atoms with E-state index in [-0.39, 0.29) is 5.66 Å². The van der Waals surface area contributed by atoms with Gasteiger partial charge in [-0.15, -0.1) is 9.15 Å². The van der Waals surface area contributed by atoms with Crippen molar-refractivity contribution in [3.63, 3.8) is 0 Å². The molecular formula is C37H42N2+2. The first-order valence-electron chi connectivity index (χ1n) is 14.9. The molecule has 0 N–H and O–H groups in total. The van der Waals surface area contributed by atoms with Crippen LogP contribution < -0.4 is 0 Å². The van der Waals surface area contributed by atoms with Crippen molar-refractivity contribution in [1.29, 1.82) is 0 Å². The normalized spacial score (nSPS) is 15.7. The molecule has 4 aromatic carbocycles. The van der Waals surface area contributed by atoms with Crippen molar-refractivity contribution in [2.75, 3.05) is 0 Å². The van der Waals surface area contributed by atoms with Crippen molar-refractivity contribution in [2.24, 2.45) is 0 Å². The largest absolute Gasteiger partial charge is 0.357 e. The van der Waals surface area contributed by atoms with E-state index in [0.29, 0.717) is 5.92 Å². The highest BCUT2D eigenvalue weighted by Crippen LogP contribution is 2.46. The summed E-state index contributed by atoms with van der Waals surface area (Å²) in [6, 6.07) is 27.6. The van der Waals surface area contributed by atoms with Crippen LogP contribution in [-0.2, 0) is 12.8 Å². The maximum Gasteiger partial charge on any atom is 0.357 e. The molecule has 0 radical (unpaired) electrons. The fourth-order valence-electron chi connectivity index (χ4n) is 7.19. The molecule has 1 aliphatic carbocycles. The van der Waals surface area contributed by atoms with Crippen molar-refractivity contribution >= 4 is 33.6 Å². The molecule has 0 fully saturated rings. The van der Waals surface area contributed by atoms with E-state index in [1.807, 2.05) is 0 Å². The Labute approximate surface area is 234 Å². The Hall–Kier alpha value is -3.52. The summed E-state index contributed by atoms with van der Waals surface area (Å²) in [4.78, 5) is 0. The molecule has 39 heavy (non-hydrogen) atoms. The zero-order valence-corrected chi connectivity index (χ0v) is 24.7. The Kier molecular flexibility index (Phi) is 6.33. The summed E-state index contributed by atoms with van der Waals surface area (Å²) in [7, 11) is 0. The minimum absolute atomic E-state index is 0.303. The number of hydrogen-bond donors (Lipinski definition) is 0. The molecule has 0 unspecified atom stereocenters. The maximum atomic E-state index is 2.73. The van der Waals surface area contributed by atoms with Crippen molar-refractivity contribution in [2.45, 2.75) is 85.7 Å². The van der Waals surface area contributed by atoms with Crippen molar-refractivity contribution < 1.29 is 9.15 Å². The summed E-state index contributed by atoms with van der Waals surface area (Å²) in [5.74, 6) is 0.427. The van der Waals surface area contributed by atoms with E-state index >= 15 is 0 Å². The van der Waals surface area contributed by atoms with Crippen LogP contribution >= 0.6 is 0 Å². The lowest BCUT2D eigenvalue weighted by atomic mass is 9.95. The number of aryl methyl sites for hydroxylation is 3. The van der Waals surface area contributed by atoms with E-state index in [9.17, 15) is 0 Å². The number of benzene rings is 4. The van der Waals surface area contributed by atoms with Gasteiger partial charge in [0.1, 0.15) is 0 Å². The summed E-state index contributed by atoms with van der Waals surface area (Å²) in [5, 5.41) is 2.71. The first-order valence-corrected chi connectivity index (χ1v) is 14.9. The number of fused-ring (bicyclic) bond motifs is 3. The zero-order chi connectivity index (χ0) is 27.5. The third-order valence-corrected chi connectivity index (χ3v) is 8.76. The zero-order valence-electron chi connectivity index (χ0n) is 24.7. The van der Waals surface area contributed by atoms with Gasteiger partial charge in [-0.25, -0.2) is 0 Å². The molecule has 0 saturated carbocycles. The Balaban J connectivity index is 1.80. The molecule has 0 saturated heterocycles. The fourth-order valence-corrected chi connectivity index (χ4v) is 7.19. The van der Waals surface area contributed by atoms with Crippen LogP contribution in [0.2, 0.25) is 0 Å². The van der Waals surface area contributed by atoms with Crippen molar-refractivity contribution in [3.05, 3.63) is 106 Å². The van der Waals surface area contributed by atoms with E-state index in [1.165, 1.54) is 67.0 Å². The molecule has 0 aromatic heterocycles. The summed E-state index contributed by atoms with van der Waals surface area (Å²) >= 11 is 0. The second kappa shape index (κ2) is 9.59. The van der Waals surface area contributed by atoms with E-state index in [4.69, 9.17) is 0 Å². The summed E-state index contributed by atoms with van der Waals surface area (Å²) in [5.41, 5.74) is 13.6. The van der Waals surface area contributed by atoms with Crippen LogP contribution in [0.1, 0.15) is 93.7 Å². The lowest BCUT2D eigenvalue weighted by molar-refractivity contribution is -0.740. The lowest BCUT2D eigenvalue weighted by Crippen LogP contribution is -2.41. The van der Waals surface area contributed by atoms with Gasteiger partial charge in [0, 0.05) is 27.6 Å². The average Bonchev–Trinajstić information content (AvgIpc) is 3.34. The fraction of sp³-hybridized carbons (Fsp3) is 0.351. The molecule has 0 atom stereocenters. The molecule has 0 spiro atoms. The van der Waals surface area contributed by atoms with Gasteiger partial charge in [0.15, 0.2) is 0 Å². The van der Waals surface area contributed by atoms with Gasteiger partial charge in [0.05, 0.1) is 25.0 Å². The number of nitrogens with zero attached hydrogens (tertiary/aromatic N) is 2. The van der Waals surface area contributed by atoms with Crippen molar-refractivity contribution in [1.82, 2.24) is 0 Å². The molecule has 0 amide bonds. The molecule has 4 aromatic rings. The van der Waals surface area contributed by atoms with Crippen LogP contribution in [0.25, 0.3) is 10.8 Å². The Morgan fingerprint density at radius 1 is 0.667 bits per heavy atom. The monoisotopic (exact) mass is 514 g/mol. The minimum atomic E-state index is -0.303. The highest BCUT2D eigenvalue weighted by atomic mass is 15.4. The standard InChI is InChI=1S/C37H42N2/c1-8-14-27-19-11-20-28(15-9-2)34(27)39-36-31-23-13-18-26-17-12-22-30(32(26)31)35(36)38(37(39,6)7)33-25(5)16-10-21-29(33)24(3)4/h10-13,16-24H,8-9,14-15H2,1-7H3/q+2. The van der Waals surface area contributed by atoms with Gasteiger partial charge < -0.3 is 0 Å². The highest BCUT2D eigenvalue weighted by Gasteiger charge is 2.61. The van der Waals surface area contributed by atoms with Crippen molar-refractivity contribution in [3.8, 4) is 0 Å².